The van der Waals surface area contributed by atoms with Gasteiger partial charge in [0.2, 0.25) is 0 Å². The highest BCUT2D eigenvalue weighted by Crippen LogP contribution is 2.45. The molecule has 0 aliphatic carbocycles. The SMILES string of the molecule is c1ccc2c(c1)oc1cc3cc(-c4csc5ccccc45)c4cc5c(cc4c3cc12)sc1ccccc15. The molecule has 3 heteroatoms. The molecule has 3 heterocycles. The van der Waals surface area contributed by atoms with E-state index >= 15 is 0 Å². The van der Waals surface area contributed by atoms with Gasteiger partial charge in [0.1, 0.15) is 11.2 Å². The molecule has 0 aliphatic heterocycles. The van der Waals surface area contributed by atoms with E-state index in [4.69, 9.17) is 4.42 Å². The number of furan rings is 1. The Labute approximate surface area is 219 Å². The molecular weight excluding hydrogens is 489 g/mol. The molecule has 172 valence electrons. The Bertz CT molecular complexity index is 2360. The van der Waals surface area contributed by atoms with Gasteiger partial charge in [-0.25, -0.2) is 0 Å². The van der Waals surface area contributed by atoms with Crippen molar-refractivity contribution in [2.24, 2.45) is 0 Å². The molecule has 37 heavy (non-hydrogen) atoms. The van der Waals surface area contributed by atoms with Gasteiger partial charge in [-0.15, -0.1) is 22.7 Å². The van der Waals surface area contributed by atoms with Crippen LogP contribution >= 0.6 is 22.7 Å². The summed E-state index contributed by atoms with van der Waals surface area (Å²) in [5.41, 5.74) is 4.47. The summed E-state index contributed by atoms with van der Waals surface area (Å²) >= 11 is 3.70. The second kappa shape index (κ2) is 7.19. The summed E-state index contributed by atoms with van der Waals surface area (Å²) in [6.45, 7) is 0. The monoisotopic (exact) mass is 506 g/mol. The van der Waals surface area contributed by atoms with Crippen molar-refractivity contribution in [1.82, 2.24) is 0 Å². The first-order valence-corrected chi connectivity index (χ1v) is 14.1. The van der Waals surface area contributed by atoms with Gasteiger partial charge in [-0.3, -0.25) is 0 Å². The molecule has 0 amide bonds. The van der Waals surface area contributed by atoms with Crippen LogP contribution in [0.1, 0.15) is 0 Å². The summed E-state index contributed by atoms with van der Waals surface area (Å²) in [6.07, 6.45) is 0. The normalized spacial score (nSPS) is 12.3. The summed E-state index contributed by atoms with van der Waals surface area (Å²) in [7, 11) is 0. The summed E-state index contributed by atoms with van der Waals surface area (Å²) in [5, 5.41) is 13.7. The maximum absolute atomic E-state index is 6.29. The minimum atomic E-state index is 0.938. The molecule has 0 radical (unpaired) electrons. The summed E-state index contributed by atoms with van der Waals surface area (Å²) in [5.74, 6) is 0. The molecule has 0 bridgehead atoms. The fraction of sp³-hybridized carbons (Fsp3) is 0. The van der Waals surface area contributed by atoms with Crippen LogP contribution in [0.15, 0.2) is 113 Å². The molecule has 0 saturated heterocycles. The van der Waals surface area contributed by atoms with Crippen LogP contribution in [0.2, 0.25) is 0 Å². The van der Waals surface area contributed by atoms with Gasteiger partial charge in [0, 0.05) is 46.6 Å². The number of hydrogen-bond acceptors (Lipinski definition) is 3. The van der Waals surface area contributed by atoms with Crippen molar-refractivity contribution in [2.45, 2.75) is 0 Å². The zero-order valence-electron chi connectivity index (χ0n) is 19.6. The lowest BCUT2D eigenvalue weighted by Gasteiger charge is -2.12. The van der Waals surface area contributed by atoms with Crippen LogP contribution in [0, 0.1) is 0 Å². The molecule has 0 saturated carbocycles. The Morgan fingerprint density at radius 3 is 2.11 bits per heavy atom. The van der Waals surface area contributed by atoms with Crippen molar-refractivity contribution in [3.8, 4) is 11.1 Å². The lowest BCUT2D eigenvalue weighted by molar-refractivity contribution is 0.669. The van der Waals surface area contributed by atoms with Crippen LogP contribution in [-0.4, -0.2) is 0 Å². The van der Waals surface area contributed by atoms with E-state index in [0.717, 1.165) is 11.2 Å². The van der Waals surface area contributed by atoms with Crippen molar-refractivity contribution in [3.05, 3.63) is 109 Å². The molecule has 0 N–H and O–H groups in total. The fourth-order valence-electron chi connectivity index (χ4n) is 6.00. The minimum absolute atomic E-state index is 0.938. The molecule has 0 spiro atoms. The quantitative estimate of drug-likeness (QED) is 0.202. The van der Waals surface area contributed by atoms with Crippen LogP contribution < -0.4 is 0 Å². The second-order valence-corrected chi connectivity index (χ2v) is 11.7. The Kier molecular flexibility index (Phi) is 3.88. The van der Waals surface area contributed by atoms with Crippen molar-refractivity contribution >= 4 is 96.4 Å². The topological polar surface area (TPSA) is 13.1 Å². The van der Waals surface area contributed by atoms with Crippen LogP contribution in [0.5, 0.6) is 0 Å². The second-order valence-electron chi connectivity index (χ2n) is 9.73. The lowest BCUT2D eigenvalue weighted by atomic mass is 9.91. The highest BCUT2D eigenvalue weighted by molar-refractivity contribution is 7.25. The molecule has 9 aromatic rings. The summed E-state index contributed by atoms with van der Waals surface area (Å²) in [4.78, 5) is 0. The lowest BCUT2D eigenvalue weighted by Crippen LogP contribution is -1.85. The smallest absolute Gasteiger partial charge is 0.136 e. The van der Waals surface area contributed by atoms with Crippen LogP contribution in [0.4, 0.5) is 0 Å². The van der Waals surface area contributed by atoms with Gasteiger partial charge in [-0.05, 0) is 81.0 Å². The number of fused-ring (bicyclic) bond motifs is 10. The maximum atomic E-state index is 6.29. The molecule has 6 aromatic carbocycles. The van der Waals surface area contributed by atoms with Gasteiger partial charge in [-0.2, -0.15) is 0 Å². The van der Waals surface area contributed by atoms with Gasteiger partial charge < -0.3 is 4.42 Å². The molecule has 9 rings (SSSR count). The first-order chi connectivity index (χ1) is 18.3. The predicted octanol–water partition coefficient (Wildman–Crippen LogP) is 11.1. The molecule has 1 nitrogen and oxygen atoms in total. The van der Waals surface area contributed by atoms with Gasteiger partial charge >= 0.3 is 0 Å². The van der Waals surface area contributed by atoms with Gasteiger partial charge in [0.25, 0.3) is 0 Å². The van der Waals surface area contributed by atoms with Gasteiger partial charge in [0.05, 0.1) is 0 Å². The largest absolute Gasteiger partial charge is 0.456 e. The van der Waals surface area contributed by atoms with Crippen LogP contribution in [0.3, 0.4) is 0 Å². The third-order valence-electron chi connectivity index (χ3n) is 7.72. The first-order valence-electron chi connectivity index (χ1n) is 12.4. The van der Waals surface area contributed by atoms with E-state index in [1.165, 1.54) is 73.7 Å². The van der Waals surface area contributed by atoms with Gasteiger partial charge in [-0.1, -0.05) is 54.6 Å². The number of rotatable bonds is 1. The average Bonchev–Trinajstić information content (AvgIpc) is 3.63. The van der Waals surface area contributed by atoms with Crippen molar-refractivity contribution in [1.29, 1.82) is 0 Å². The zero-order valence-corrected chi connectivity index (χ0v) is 21.3. The summed E-state index contributed by atoms with van der Waals surface area (Å²) in [6, 6.07) is 37.6. The van der Waals surface area contributed by atoms with Crippen molar-refractivity contribution in [2.75, 3.05) is 0 Å². The van der Waals surface area contributed by atoms with Gasteiger partial charge in [0.15, 0.2) is 0 Å². The van der Waals surface area contributed by atoms with E-state index in [9.17, 15) is 0 Å². The summed E-state index contributed by atoms with van der Waals surface area (Å²) < 4.78 is 10.3. The Morgan fingerprint density at radius 2 is 1.19 bits per heavy atom. The van der Waals surface area contributed by atoms with Crippen molar-refractivity contribution < 1.29 is 4.42 Å². The highest BCUT2D eigenvalue weighted by atomic mass is 32.1. The zero-order chi connectivity index (χ0) is 24.1. The van der Waals surface area contributed by atoms with E-state index in [0.29, 0.717) is 0 Å². The molecule has 0 fully saturated rings. The predicted molar refractivity (Wildman–Crippen MR) is 162 cm³/mol. The van der Waals surface area contributed by atoms with E-state index in [2.05, 4.69) is 102 Å². The third-order valence-corrected chi connectivity index (χ3v) is 9.81. The fourth-order valence-corrected chi connectivity index (χ4v) is 8.09. The molecule has 3 aromatic heterocycles. The van der Waals surface area contributed by atoms with Crippen LogP contribution in [0.25, 0.3) is 84.9 Å². The van der Waals surface area contributed by atoms with E-state index in [1.807, 2.05) is 28.7 Å². The third kappa shape index (κ3) is 2.73. The molecule has 0 aliphatic rings. The molecule has 0 atom stereocenters. The maximum Gasteiger partial charge on any atom is 0.136 e. The Hall–Kier alpha value is -4.18. The number of hydrogen-bond donors (Lipinski definition) is 0. The number of thiophene rings is 2. The minimum Gasteiger partial charge on any atom is -0.456 e. The number of benzene rings is 6. The number of para-hydroxylation sites is 1. The van der Waals surface area contributed by atoms with E-state index < -0.39 is 0 Å². The molecular formula is C34H18OS2. The first kappa shape index (κ1) is 19.9. The van der Waals surface area contributed by atoms with E-state index in [1.54, 1.807) is 0 Å². The standard InChI is InChI=1S/C34H18OS2/c1-4-10-30-20(7-1)27-15-23-19(14-31(27)35-30)13-24(29-18-36-32-11-5-2-9-22(29)32)25-16-28-21-8-3-6-12-33(21)37-34(28)17-26(23)25/h1-18H. The molecule has 0 unspecified atom stereocenters. The average molecular weight is 507 g/mol. The Balaban J connectivity index is 1.50. The highest BCUT2D eigenvalue weighted by Gasteiger charge is 2.17. The van der Waals surface area contributed by atoms with Crippen molar-refractivity contribution in [3.63, 3.8) is 0 Å². The van der Waals surface area contributed by atoms with E-state index in [-0.39, 0.29) is 0 Å². The van der Waals surface area contributed by atoms with Crippen LogP contribution in [-0.2, 0) is 0 Å². The Morgan fingerprint density at radius 1 is 0.432 bits per heavy atom.